The molecule has 2 aliphatic heterocycles. The SMILES string of the molecule is CCN1CCC[C@@H](NC2(C)NNC(c3ccc(C(F)(F)F)cc3O)c3c(N)ccc(N)c32)C1. The van der Waals surface area contributed by atoms with Gasteiger partial charge in [0.15, 0.2) is 0 Å². The molecule has 0 radical (unpaired) electrons. The second-order valence-electron chi connectivity index (χ2n) is 9.01. The number of phenols is 1. The number of rotatable bonds is 4. The number of nitrogens with one attached hydrogen (secondary N) is 3. The van der Waals surface area contributed by atoms with Crippen LogP contribution >= 0.6 is 0 Å². The van der Waals surface area contributed by atoms with Crippen molar-refractivity contribution in [2.75, 3.05) is 31.1 Å². The molecule has 10 heteroatoms. The third-order valence-corrected chi connectivity index (χ3v) is 6.68. The minimum atomic E-state index is -4.55. The topological polar surface area (TPSA) is 112 Å². The molecule has 2 aliphatic rings. The van der Waals surface area contributed by atoms with Crippen LogP contribution in [0.25, 0.3) is 0 Å². The van der Waals surface area contributed by atoms with Crippen LogP contribution in [0.2, 0.25) is 0 Å². The van der Waals surface area contributed by atoms with Crippen molar-refractivity contribution in [2.24, 2.45) is 0 Å². The Labute approximate surface area is 191 Å². The van der Waals surface area contributed by atoms with Gasteiger partial charge in [-0.05, 0) is 57.1 Å². The fourth-order valence-corrected chi connectivity index (χ4v) is 5.05. The van der Waals surface area contributed by atoms with Gasteiger partial charge in [-0.15, -0.1) is 0 Å². The molecule has 8 N–H and O–H groups in total. The number of alkyl halides is 3. The summed E-state index contributed by atoms with van der Waals surface area (Å²) in [7, 11) is 0. The third kappa shape index (κ3) is 4.48. The molecule has 1 saturated heterocycles. The lowest BCUT2D eigenvalue weighted by Crippen LogP contribution is -2.65. The van der Waals surface area contributed by atoms with Gasteiger partial charge in [-0.1, -0.05) is 13.0 Å². The van der Waals surface area contributed by atoms with Gasteiger partial charge in [0.1, 0.15) is 11.4 Å². The van der Waals surface area contributed by atoms with Gasteiger partial charge >= 0.3 is 6.18 Å². The molecule has 0 spiro atoms. The number of benzene rings is 2. The van der Waals surface area contributed by atoms with Gasteiger partial charge in [-0.3, -0.25) is 5.32 Å². The molecule has 2 heterocycles. The maximum atomic E-state index is 13.1. The Hall–Kier alpha value is -2.53. The van der Waals surface area contributed by atoms with Crippen LogP contribution in [0.15, 0.2) is 30.3 Å². The lowest BCUT2D eigenvalue weighted by atomic mass is 9.83. The number of hydrazine groups is 1. The van der Waals surface area contributed by atoms with Gasteiger partial charge in [0.2, 0.25) is 0 Å². The van der Waals surface area contributed by atoms with Crippen LogP contribution in [0.5, 0.6) is 5.75 Å². The molecule has 0 aliphatic carbocycles. The molecule has 180 valence electrons. The Bertz CT molecular complexity index is 1030. The Kier molecular flexibility index (Phi) is 6.21. The second-order valence-corrected chi connectivity index (χ2v) is 9.01. The maximum absolute atomic E-state index is 13.1. The zero-order valence-electron chi connectivity index (χ0n) is 18.8. The number of phenolic OH excluding ortho intramolecular Hbond substituents is 1. The Balaban J connectivity index is 1.73. The van der Waals surface area contributed by atoms with E-state index in [0.717, 1.165) is 50.2 Å². The first-order valence-corrected chi connectivity index (χ1v) is 11.1. The highest BCUT2D eigenvalue weighted by molar-refractivity contribution is 5.68. The maximum Gasteiger partial charge on any atom is 0.416 e. The van der Waals surface area contributed by atoms with Gasteiger partial charge in [0.05, 0.1) is 11.6 Å². The second kappa shape index (κ2) is 8.68. The van der Waals surface area contributed by atoms with E-state index >= 15 is 0 Å². The van der Waals surface area contributed by atoms with Crippen molar-refractivity contribution in [3.63, 3.8) is 0 Å². The van der Waals surface area contributed by atoms with Crippen molar-refractivity contribution in [2.45, 2.75) is 50.6 Å². The third-order valence-electron chi connectivity index (χ3n) is 6.68. The van der Waals surface area contributed by atoms with Crippen molar-refractivity contribution < 1.29 is 18.3 Å². The van der Waals surface area contributed by atoms with Crippen molar-refractivity contribution in [3.05, 3.63) is 52.6 Å². The summed E-state index contributed by atoms with van der Waals surface area (Å²) in [5.74, 6) is -0.473. The van der Waals surface area contributed by atoms with E-state index in [1.807, 2.05) is 6.92 Å². The van der Waals surface area contributed by atoms with E-state index < -0.39 is 29.2 Å². The van der Waals surface area contributed by atoms with Crippen LogP contribution in [-0.2, 0) is 11.8 Å². The summed E-state index contributed by atoms with van der Waals surface area (Å²) < 4.78 is 39.3. The molecule has 0 saturated carbocycles. The highest BCUT2D eigenvalue weighted by atomic mass is 19.4. The number of nitrogens with two attached hydrogens (primary N) is 2. The standard InChI is InChI=1S/C23H31F3N6O/c1-3-32-10-4-5-14(12-32)29-22(2)20-17(28)9-8-16(27)19(20)21(30-31-22)15-7-6-13(11-18(15)33)23(24,25)26/h6-9,11,14,21,29-31,33H,3-5,10,12,27-28H2,1-2H3/t14-,21?,22?/m1/s1. The molecule has 0 aromatic heterocycles. The summed E-state index contributed by atoms with van der Waals surface area (Å²) >= 11 is 0. The number of anilines is 2. The number of nitrogens with zero attached hydrogens (tertiary/aromatic N) is 1. The van der Waals surface area contributed by atoms with Crippen LogP contribution < -0.4 is 27.6 Å². The zero-order valence-corrected chi connectivity index (χ0v) is 18.8. The molecule has 33 heavy (non-hydrogen) atoms. The largest absolute Gasteiger partial charge is 0.508 e. The normalized spacial score (nSPS) is 26.2. The molecular weight excluding hydrogens is 433 g/mol. The smallest absolute Gasteiger partial charge is 0.416 e. The number of likely N-dealkylation sites (tertiary alicyclic amines) is 1. The van der Waals surface area contributed by atoms with Crippen molar-refractivity contribution in [3.8, 4) is 5.75 Å². The summed E-state index contributed by atoms with van der Waals surface area (Å²) in [6.45, 7) is 7.04. The average molecular weight is 465 g/mol. The summed E-state index contributed by atoms with van der Waals surface area (Å²) in [4.78, 5) is 2.38. The predicted molar refractivity (Wildman–Crippen MR) is 122 cm³/mol. The number of aromatic hydroxyl groups is 1. The average Bonchev–Trinajstić information content (AvgIpc) is 2.76. The number of halogens is 3. The first kappa shape index (κ1) is 23.6. The number of hydrogen-bond donors (Lipinski definition) is 6. The molecule has 0 bridgehead atoms. The summed E-state index contributed by atoms with van der Waals surface area (Å²) in [6, 6.07) is 5.86. The van der Waals surface area contributed by atoms with E-state index in [1.165, 1.54) is 6.07 Å². The van der Waals surface area contributed by atoms with Crippen LogP contribution in [-0.4, -0.2) is 35.7 Å². The molecular formula is C23H31F3N6O. The van der Waals surface area contributed by atoms with Crippen molar-refractivity contribution in [1.29, 1.82) is 0 Å². The van der Waals surface area contributed by atoms with Gasteiger partial charge in [0.25, 0.3) is 0 Å². The summed E-state index contributed by atoms with van der Waals surface area (Å²) in [5.41, 5.74) is 20.1. The van der Waals surface area contributed by atoms with E-state index in [0.29, 0.717) is 16.9 Å². The van der Waals surface area contributed by atoms with Crippen LogP contribution in [0.1, 0.15) is 55.0 Å². The quantitative estimate of drug-likeness (QED) is 0.386. The molecule has 2 aromatic carbocycles. The zero-order chi connectivity index (χ0) is 24.0. The molecule has 7 nitrogen and oxygen atoms in total. The molecule has 3 atom stereocenters. The number of hydrogen-bond acceptors (Lipinski definition) is 7. The lowest BCUT2D eigenvalue weighted by molar-refractivity contribution is -0.137. The number of piperidine rings is 1. The first-order chi connectivity index (χ1) is 15.5. The fourth-order valence-electron chi connectivity index (χ4n) is 5.05. The minimum Gasteiger partial charge on any atom is -0.508 e. The number of nitrogen functional groups attached to an aromatic ring is 2. The van der Waals surface area contributed by atoms with Crippen molar-refractivity contribution in [1.82, 2.24) is 21.1 Å². The fraction of sp³-hybridized carbons (Fsp3) is 0.478. The molecule has 1 fully saturated rings. The number of fused-ring (bicyclic) bond motifs is 1. The molecule has 4 rings (SSSR count). The van der Waals surface area contributed by atoms with E-state index in [9.17, 15) is 18.3 Å². The molecule has 2 unspecified atom stereocenters. The molecule has 2 aromatic rings. The van der Waals surface area contributed by atoms with Crippen LogP contribution in [0.3, 0.4) is 0 Å². The van der Waals surface area contributed by atoms with Gasteiger partial charge in [0, 0.05) is 40.7 Å². The monoisotopic (exact) mass is 464 g/mol. The highest BCUT2D eigenvalue weighted by Gasteiger charge is 2.42. The predicted octanol–water partition coefficient (Wildman–Crippen LogP) is 3.02. The summed E-state index contributed by atoms with van der Waals surface area (Å²) in [5, 5.41) is 14.2. The van der Waals surface area contributed by atoms with Crippen LogP contribution in [0.4, 0.5) is 24.5 Å². The summed E-state index contributed by atoms with van der Waals surface area (Å²) in [6.07, 6.45) is -2.46. The minimum absolute atomic E-state index is 0.211. The van der Waals surface area contributed by atoms with Crippen LogP contribution in [0, 0.1) is 0 Å². The van der Waals surface area contributed by atoms with Gasteiger partial charge < -0.3 is 21.5 Å². The molecule has 0 amide bonds. The van der Waals surface area contributed by atoms with E-state index in [-0.39, 0.29) is 11.6 Å². The lowest BCUT2D eigenvalue weighted by Gasteiger charge is -2.46. The van der Waals surface area contributed by atoms with E-state index in [2.05, 4.69) is 28.0 Å². The Morgan fingerprint density at radius 2 is 1.94 bits per heavy atom. The van der Waals surface area contributed by atoms with E-state index in [1.54, 1.807) is 12.1 Å². The Morgan fingerprint density at radius 3 is 2.61 bits per heavy atom. The number of likely N-dealkylation sites (N-methyl/N-ethyl adjacent to an activating group) is 1. The Morgan fingerprint density at radius 1 is 1.21 bits per heavy atom. The van der Waals surface area contributed by atoms with Gasteiger partial charge in [-0.2, -0.15) is 13.2 Å². The highest BCUT2D eigenvalue weighted by Crippen LogP contribution is 2.44. The van der Waals surface area contributed by atoms with E-state index in [4.69, 9.17) is 11.5 Å². The van der Waals surface area contributed by atoms with Crippen molar-refractivity contribution >= 4 is 11.4 Å². The van der Waals surface area contributed by atoms with Gasteiger partial charge in [-0.25, -0.2) is 10.9 Å². The first-order valence-electron chi connectivity index (χ1n) is 11.1.